The first-order chi connectivity index (χ1) is 13.2. The smallest absolute Gasteiger partial charge is 0.317 e. The van der Waals surface area contributed by atoms with Crippen molar-refractivity contribution in [3.63, 3.8) is 0 Å². The number of para-hydroxylation sites is 1. The molecule has 4 rings (SSSR count). The van der Waals surface area contributed by atoms with Gasteiger partial charge in [0.15, 0.2) is 12.4 Å². The fourth-order valence-corrected chi connectivity index (χ4v) is 3.71. The zero-order valence-corrected chi connectivity index (χ0v) is 14.7. The number of carbonyl (C=O) groups is 1. The van der Waals surface area contributed by atoms with Gasteiger partial charge in [-0.3, -0.25) is 4.79 Å². The summed E-state index contributed by atoms with van der Waals surface area (Å²) < 4.78 is 20.9. The van der Waals surface area contributed by atoms with Crippen molar-refractivity contribution in [3.8, 4) is 5.69 Å². The normalized spacial score (nSPS) is 15.6. The highest BCUT2D eigenvalue weighted by atomic mass is 19.1. The van der Waals surface area contributed by atoms with Gasteiger partial charge in [-0.1, -0.05) is 43.2 Å². The lowest BCUT2D eigenvalue weighted by Gasteiger charge is -2.27. The number of benzene rings is 2. The van der Waals surface area contributed by atoms with Gasteiger partial charge in [-0.15, -0.1) is 5.10 Å². The maximum atomic E-state index is 13.7. The molecule has 138 valence electrons. The van der Waals surface area contributed by atoms with Crippen LogP contribution in [0.2, 0.25) is 0 Å². The maximum absolute atomic E-state index is 13.7. The van der Waals surface area contributed by atoms with Gasteiger partial charge in [0.05, 0.1) is 11.1 Å². The molecule has 0 atom stereocenters. The molecule has 1 heterocycles. The van der Waals surface area contributed by atoms with Crippen molar-refractivity contribution >= 4 is 5.97 Å². The van der Waals surface area contributed by atoms with E-state index in [1.54, 1.807) is 12.1 Å². The molecule has 1 saturated carbocycles. The second-order valence-corrected chi connectivity index (χ2v) is 6.72. The number of nitrogens with zero attached hydrogens (tertiary/aromatic N) is 4. The Morgan fingerprint density at radius 1 is 1.11 bits per heavy atom. The van der Waals surface area contributed by atoms with Gasteiger partial charge in [0.1, 0.15) is 5.82 Å². The molecule has 0 unspecified atom stereocenters. The van der Waals surface area contributed by atoms with Crippen LogP contribution in [0.3, 0.4) is 0 Å². The van der Waals surface area contributed by atoms with E-state index in [1.807, 2.05) is 30.3 Å². The molecule has 6 nitrogen and oxygen atoms in total. The number of carbonyl (C=O) groups excluding carboxylic acids is 1. The monoisotopic (exact) mass is 366 g/mol. The van der Waals surface area contributed by atoms with Crippen LogP contribution in [0.25, 0.3) is 5.69 Å². The number of aromatic nitrogens is 4. The van der Waals surface area contributed by atoms with Crippen LogP contribution < -0.4 is 0 Å². The van der Waals surface area contributed by atoms with Crippen molar-refractivity contribution in [2.45, 2.75) is 37.7 Å². The molecular weight excluding hydrogens is 347 g/mol. The van der Waals surface area contributed by atoms with Crippen molar-refractivity contribution in [1.29, 1.82) is 0 Å². The van der Waals surface area contributed by atoms with E-state index >= 15 is 0 Å². The topological polar surface area (TPSA) is 69.9 Å². The number of esters is 1. The molecule has 1 aromatic heterocycles. The minimum atomic E-state index is -0.798. The highest BCUT2D eigenvalue weighted by molar-refractivity contribution is 5.83. The molecule has 7 heteroatoms. The number of rotatable bonds is 5. The minimum absolute atomic E-state index is 0.0439. The summed E-state index contributed by atoms with van der Waals surface area (Å²) in [5, 5.41) is 11.6. The molecule has 0 bridgehead atoms. The molecule has 3 aromatic rings. The molecule has 0 saturated heterocycles. The van der Waals surface area contributed by atoms with Crippen molar-refractivity contribution in [2.75, 3.05) is 0 Å². The second kappa shape index (κ2) is 7.26. The Hall–Kier alpha value is -3.09. The van der Waals surface area contributed by atoms with E-state index in [2.05, 4.69) is 15.5 Å². The molecule has 0 amide bonds. The average Bonchev–Trinajstić information content (AvgIpc) is 3.37. The number of tetrazole rings is 1. The average molecular weight is 366 g/mol. The Kier molecular flexibility index (Phi) is 4.66. The van der Waals surface area contributed by atoms with Crippen LogP contribution >= 0.6 is 0 Å². The van der Waals surface area contributed by atoms with Crippen molar-refractivity contribution in [1.82, 2.24) is 20.2 Å². The molecule has 0 spiro atoms. The number of halogens is 1. The van der Waals surface area contributed by atoms with Crippen LogP contribution in [0.15, 0.2) is 54.6 Å². The van der Waals surface area contributed by atoms with Gasteiger partial charge in [-0.25, -0.2) is 4.39 Å². The zero-order valence-electron chi connectivity index (χ0n) is 14.7. The summed E-state index contributed by atoms with van der Waals surface area (Å²) in [5.41, 5.74) is 0.662. The van der Waals surface area contributed by atoms with E-state index in [0.717, 1.165) is 18.5 Å². The number of ether oxygens (including phenoxy) is 1. The van der Waals surface area contributed by atoms with Crippen LogP contribution in [0.5, 0.6) is 0 Å². The molecule has 0 aliphatic heterocycles. The zero-order chi connectivity index (χ0) is 18.7. The minimum Gasteiger partial charge on any atom is -0.457 e. The van der Waals surface area contributed by atoms with Gasteiger partial charge < -0.3 is 4.74 Å². The molecule has 0 N–H and O–H groups in total. The van der Waals surface area contributed by atoms with Gasteiger partial charge in [-0.2, -0.15) is 4.68 Å². The Morgan fingerprint density at radius 2 is 1.89 bits per heavy atom. The summed E-state index contributed by atoms with van der Waals surface area (Å²) >= 11 is 0. The van der Waals surface area contributed by atoms with E-state index in [-0.39, 0.29) is 18.4 Å². The van der Waals surface area contributed by atoms with E-state index in [0.29, 0.717) is 24.2 Å². The van der Waals surface area contributed by atoms with Crippen LogP contribution in [0, 0.1) is 5.82 Å². The lowest BCUT2D eigenvalue weighted by atomic mass is 9.79. The third-order valence-electron chi connectivity index (χ3n) is 5.09. The summed E-state index contributed by atoms with van der Waals surface area (Å²) in [7, 11) is 0. The first-order valence-electron chi connectivity index (χ1n) is 8.95. The third kappa shape index (κ3) is 3.32. The highest BCUT2D eigenvalue weighted by Gasteiger charge is 2.44. The lowest BCUT2D eigenvalue weighted by Crippen LogP contribution is -2.35. The SMILES string of the molecule is O=C(OCc1nnnn1-c1ccccc1)C1(c2cccc(F)c2)CCCC1. The van der Waals surface area contributed by atoms with Crippen LogP contribution in [-0.2, 0) is 21.6 Å². The van der Waals surface area contributed by atoms with Crippen LogP contribution in [0.1, 0.15) is 37.1 Å². The Labute approximate surface area is 156 Å². The molecule has 1 aliphatic rings. The van der Waals surface area contributed by atoms with Crippen molar-refractivity contribution in [2.24, 2.45) is 0 Å². The summed E-state index contributed by atoms with van der Waals surface area (Å²) in [6.45, 7) is -0.0439. The summed E-state index contributed by atoms with van der Waals surface area (Å²) in [6.07, 6.45) is 3.12. The molecule has 0 radical (unpaired) electrons. The summed E-state index contributed by atoms with van der Waals surface area (Å²) in [6, 6.07) is 15.6. The number of hydrogen-bond donors (Lipinski definition) is 0. The number of hydrogen-bond acceptors (Lipinski definition) is 5. The van der Waals surface area contributed by atoms with E-state index in [4.69, 9.17) is 4.74 Å². The first-order valence-corrected chi connectivity index (χ1v) is 8.95. The van der Waals surface area contributed by atoms with E-state index in [9.17, 15) is 9.18 Å². The van der Waals surface area contributed by atoms with Crippen molar-refractivity contribution < 1.29 is 13.9 Å². The van der Waals surface area contributed by atoms with Gasteiger partial charge in [0, 0.05) is 0 Å². The molecule has 1 aliphatic carbocycles. The summed E-state index contributed by atoms with van der Waals surface area (Å²) in [4.78, 5) is 13.0. The van der Waals surface area contributed by atoms with Gasteiger partial charge >= 0.3 is 5.97 Å². The fraction of sp³-hybridized carbons (Fsp3) is 0.300. The molecule has 27 heavy (non-hydrogen) atoms. The first kappa shape index (κ1) is 17.3. The largest absolute Gasteiger partial charge is 0.457 e. The van der Waals surface area contributed by atoms with Crippen LogP contribution in [-0.4, -0.2) is 26.2 Å². The molecule has 2 aromatic carbocycles. The fourth-order valence-electron chi connectivity index (χ4n) is 3.71. The van der Waals surface area contributed by atoms with E-state index in [1.165, 1.54) is 16.8 Å². The maximum Gasteiger partial charge on any atom is 0.317 e. The Morgan fingerprint density at radius 3 is 2.63 bits per heavy atom. The Balaban J connectivity index is 1.55. The lowest BCUT2D eigenvalue weighted by molar-refractivity contribution is -0.152. The summed E-state index contributed by atoms with van der Waals surface area (Å²) in [5.74, 6) is -0.269. The standard InChI is InChI=1S/C20H19FN4O2/c21-16-8-6-7-15(13-16)20(11-4-5-12-20)19(26)27-14-18-22-23-24-25(18)17-9-2-1-3-10-17/h1-3,6-10,13H,4-5,11-12,14H2. The predicted octanol–water partition coefficient (Wildman–Crippen LogP) is 3.36. The van der Waals surface area contributed by atoms with Crippen LogP contribution in [0.4, 0.5) is 4.39 Å². The van der Waals surface area contributed by atoms with Gasteiger partial charge in [0.2, 0.25) is 0 Å². The second-order valence-electron chi connectivity index (χ2n) is 6.72. The third-order valence-corrected chi connectivity index (χ3v) is 5.09. The van der Waals surface area contributed by atoms with Gasteiger partial charge in [-0.05, 0) is 53.1 Å². The quantitative estimate of drug-likeness (QED) is 0.648. The van der Waals surface area contributed by atoms with Gasteiger partial charge in [0.25, 0.3) is 0 Å². The highest BCUT2D eigenvalue weighted by Crippen LogP contribution is 2.42. The molecular formula is C20H19FN4O2. The predicted molar refractivity (Wildman–Crippen MR) is 95.5 cm³/mol. The molecule has 1 fully saturated rings. The Bertz CT molecular complexity index is 936. The van der Waals surface area contributed by atoms with E-state index < -0.39 is 5.41 Å². The van der Waals surface area contributed by atoms with Crippen molar-refractivity contribution in [3.05, 3.63) is 71.8 Å².